The minimum Gasteiger partial charge on any atom is -0.325 e. The Balaban J connectivity index is 1.70. The van der Waals surface area contributed by atoms with Crippen molar-refractivity contribution in [3.05, 3.63) is 62.0 Å². The molecule has 0 bridgehead atoms. The summed E-state index contributed by atoms with van der Waals surface area (Å²) < 4.78 is 2.80. The molecule has 142 valence electrons. The zero-order valence-corrected chi connectivity index (χ0v) is 18.3. The molecule has 28 heavy (non-hydrogen) atoms. The van der Waals surface area contributed by atoms with Crippen molar-refractivity contribution >= 4 is 70.1 Å². The number of amides is 1. The SMILES string of the molecule is C[C@@H](Sc1nn(-c2ccc(Cl)c(Cl)c2)c(=S)s1)C(=O)Nc1ccc(C#N)cc1. The quantitative estimate of drug-likeness (QED) is 0.370. The van der Waals surface area contributed by atoms with Crippen LogP contribution in [-0.4, -0.2) is 20.9 Å². The van der Waals surface area contributed by atoms with Gasteiger partial charge in [-0.1, -0.05) is 46.3 Å². The first-order valence-corrected chi connectivity index (χ1v) is 10.8. The molecule has 0 saturated carbocycles. The number of nitrogens with zero attached hydrogens (tertiary/aromatic N) is 3. The average Bonchev–Trinajstić information content (AvgIpc) is 3.04. The van der Waals surface area contributed by atoms with Gasteiger partial charge in [0, 0.05) is 5.69 Å². The number of hydrogen-bond acceptors (Lipinski definition) is 6. The van der Waals surface area contributed by atoms with E-state index in [1.165, 1.54) is 23.1 Å². The number of anilines is 1. The van der Waals surface area contributed by atoms with Crippen LogP contribution in [0, 0.1) is 15.3 Å². The maximum Gasteiger partial charge on any atom is 0.237 e. The van der Waals surface area contributed by atoms with Crippen molar-refractivity contribution in [3.8, 4) is 11.8 Å². The van der Waals surface area contributed by atoms with E-state index < -0.39 is 5.25 Å². The van der Waals surface area contributed by atoms with E-state index >= 15 is 0 Å². The third-order valence-electron chi connectivity index (χ3n) is 3.61. The molecule has 0 radical (unpaired) electrons. The minimum atomic E-state index is -0.390. The third kappa shape index (κ3) is 4.93. The van der Waals surface area contributed by atoms with Crippen LogP contribution >= 0.6 is 58.5 Å². The number of hydrogen-bond donors (Lipinski definition) is 1. The molecule has 0 spiro atoms. The second kappa shape index (κ2) is 9.07. The van der Waals surface area contributed by atoms with Crippen LogP contribution in [0.15, 0.2) is 46.8 Å². The first kappa shape index (κ1) is 20.8. The van der Waals surface area contributed by atoms with Crippen molar-refractivity contribution in [3.63, 3.8) is 0 Å². The van der Waals surface area contributed by atoms with Crippen molar-refractivity contribution in [2.75, 3.05) is 5.32 Å². The number of thioether (sulfide) groups is 1. The van der Waals surface area contributed by atoms with Crippen LogP contribution in [0.4, 0.5) is 5.69 Å². The second-order valence-corrected chi connectivity index (χ2v) is 9.61. The molecule has 0 aliphatic rings. The summed E-state index contributed by atoms with van der Waals surface area (Å²) in [4.78, 5) is 12.4. The lowest BCUT2D eigenvalue weighted by atomic mass is 10.2. The highest BCUT2D eigenvalue weighted by Gasteiger charge is 2.18. The van der Waals surface area contributed by atoms with E-state index in [0.717, 1.165) is 0 Å². The van der Waals surface area contributed by atoms with Crippen molar-refractivity contribution < 1.29 is 4.79 Å². The van der Waals surface area contributed by atoms with Gasteiger partial charge in [-0.15, -0.1) is 5.10 Å². The summed E-state index contributed by atoms with van der Waals surface area (Å²) in [6.45, 7) is 1.79. The van der Waals surface area contributed by atoms with Crippen LogP contribution in [0.2, 0.25) is 10.0 Å². The molecule has 1 atom stereocenters. The number of carbonyl (C=O) groups is 1. The maximum absolute atomic E-state index is 12.4. The van der Waals surface area contributed by atoms with E-state index in [2.05, 4.69) is 10.4 Å². The van der Waals surface area contributed by atoms with Crippen LogP contribution in [-0.2, 0) is 4.79 Å². The molecule has 0 aliphatic heterocycles. The van der Waals surface area contributed by atoms with Crippen LogP contribution in [0.25, 0.3) is 5.69 Å². The Morgan fingerprint density at radius 2 is 2.00 bits per heavy atom. The Morgan fingerprint density at radius 1 is 1.29 bits per heavy atom. The van der Waals surface area contributed by atoms with Gasteiger partial charge in [0.2, 0.25) is 5.91 Å². The van der Waals surface area contributed by atoms with Crippen molar-refractivity contribution in [1.82, 2.24) is 9.78 Å². The summed E-state index contributed by atoms with van der Waals surface area (Å²) >= 11 is 20.0. The number of rotatable bonds is 5. The van der Waals surface area contributed by atoms with E-state index in [9.17, 15) is 4.79 Å². The van der Waals surface area contributed by atoms with Crippen molar-refractivity contribution in [2.24, 2.45) is 0 Å². The highest BCUT2D eigenvalue weighted by Crippen LogP contribution is 2.30. The maximum atomic E-state index is 12.4. The average molecular weight is 467 g/mol. The summed E-state index contributed by atoms with van der Waals surface area (Å²) in [5.74, 6) is -0.170. The fraction of sp³-hybridized carbons (Fsp3) is 0.111. The zero-order valence-electron chi connectivity index (χ0n) is 14.3. The molecule has 10 heteroatoms. The summed E-state index contributed by atoms with van der Waals surface area (Å²) in [5, 5.41) is 16.6. The molecule has 1 N–H and O–H groups in total. The molecule has 0 saturated heterocycles. The van der Waals surface area contributed by atoms with Gasteiger partial charge in [0.25, 0.3) is 0 Å². The van der Waals surface area contributed by atoms with E-state index in [1.54, 1.807) is 54.1 Å². The largest absolute Gasteiger partial charge is 0.325 e. The van der Waals surface area contributed by atoms with Gasteiger partial charge < -0.3 is 5.32 Å². The highest BCUT2D eigenvalue weighted by molar-refractivity contribution is 8.02. The van der Waals surface area contributed by atoms with Crippen LogP contribution < -0.4 is 5.32 Å². The molecule has 2 aromatic carbocycles. The monoisotopic (exact) mass is 466 g/mol. The molecule has 0 aliphatic carbocycles. The third-order valence-corrected chi connectivity index (χ3v) is 6.76. The second-order valence-electron chi connectivity index (χ2n) is 5.58. The minimum absolute atomic E-state index is 0.170. The predicted molar refractivity (Wildman–Crippen MR) is 117 cm³/mol. The Morgan fingerprint density at radius 3 is 2.64 bits per heavy atom. The molecule has 3 rings (SSSR count). The topological polar surface area (TPSA) is 70.7 Å². The van der Waals surface area contributed by atoms with Gasteiger partial charge in [-0.3, -0.25) is 4.79 Å². The van der Waals surface area contributed by atoms with Gasteiger partial charge in [-0.05, 0) is 61.6 Å². The van der Waals surface area contributed by atoms with Gasteiger partial charge in [0.05, 0.1) is 32.6 Å². The lowest BCUT2D eigenvalue weighted by molar-refractivity contribution is -0.115. The van der Waals surface area contributed by atoms with E-state index in [-0.39, 0.29) is 5.91 Å². The molecule has 1 heterocycles. The van der Waals surface area contributed by atoms with Crippen molar-refractivity contribution in [1.29, 1.82) is 5.26 Å². The highest BCUT2D eigenvalue weighted by atomic mass is 35.5. The number of benzene rings is 2. The Bertz CT molecular complexity index is 1120. The van der Waals surface area contributed by atoms with E-state index in [0.29, 0.717) is 35.3 Å². The first-order valence-electron chi connectivity index (χ1n) is 7.90. The summed E-state index contributed by atoms with van der Waals surface area (Å²) in [6.07, 6.45) is 0. The fourth-order valence-electron chi connectivity index (χ4n) is 2.17. The van der Waals surface area contributed by atoms with Crippen LogP contribution in [0.1, 0.15) is 12.5 Å². The number of carbonyl (C=O) groups excluding carboxylic acids is 1. The van der Waals surface area contributed by atoms with Gasteiger partial charge >= 0.3 is 0 Å². The van der Waals surface area contributed by atoms with Crippen molar-refractivity contribution in [2.45, 2.75) is 16.5 Å². The van der Waals surface area contributed by atoms with Gasteiger partial charge in [0.15, 0.2) is 8.29 Å². The van der Waals surface area contributed by atoms with Crippen LogP contribution in [0.5, 0.6) is 0 Å². The molecule has 0 fully saturated rings. The Kier molecular flexibility index (Phi) is 6.75. The zero-order chi connectivity index (χ0) is 20.3. The molecule has 0 unspecified atom stereocenters. The number of aromatic nitrogens is 2. The summed E-state index contributed by atoms with van der Waals surface area (Å²) in [7, 11) is 0. The number of nitrogens with one attached hydrogen (secondary N) is 1. The first-order chi connectivity index (χ1) is 13.4. The molecule has 3 aromatic rings. The fourth-order valence-corrected chi connectivity index (χ4v) is 4.96. The van der Waals surface area contributed by atoms with Gasteiger partial charge in [0.1, 0.15) is 0 Å². The molecule has 5 nitrogen and oxygen atoms in total. The number of halogens is 2. The summed E-state index contributed by atoms with van der Waals surface area (Å²) in [6, 6.07) is 13.9. The molecular formula is C18H12Cl2N4OS3. The lowest BCUT2D eigenvalue weighted by Gasteiger charge is -2.10. The lowest BCUT2D eigenvalue weighted by Crippen LogP contribution is -2.22. The smallest absolute Gasteiger partial charge is 0.237 e. The van der Waals surface area contributed by atoms with E-state index in [4.69, 9.17) is 40.7 Å². The normalized spacial score (nSPS) is 11.6. The molecule has 1 aromatic heterocycles. The van der Waals surface area contributed by atoms with Gasteiger partial charge in [-0.2, -0.15) is 5.26 Å². The number of nitriles is 1. The summed E-state index contributed by atoms with van der Waals surface area (Å²) in [5.41, 5.74) is 1.87. The van der Waals surface area contributed by atoms with Gasteiger partial charge in [-0.25, -0.2) is 4.68 Å². The van der Waals surface area contributed by atoms with E-state index in [1.807, 2.05) is 6.07 Å². The Hall–Kier alpha value is -1.89. The predicted octanol–water partition coefficient (Wildman–Crippen LogP) is 5.96. The molecular weight excluding hydrogens is 455 g/mol. The Labute approximate surface area is 184 Å². The standard InChI is InChI=1S/C18H12Cl2N4OS3/c1-10(16(25)22-12-4-2-11(9-21)3-5-12)27-17-23-24(18(26)28-17)13-6-7-14(19)15(20)8-13/h2-8,10H,1H3,(H,22,25)/t10-/m1/s1. The molecule has 1 amide bonds. The van der Waals surface area contributed by atoms with Crippen LogP contribution in [0.3, 0.4) is 0 Å².